The third-order valence-electron chi connectivity index (χ3n) is 1.59. The molecule has 1 heterocycles. The molecule has 1 fully saturated rings. The maximum atomic E-state index is 9.07. The van der Waals surface area contributed by atoms with E-state index in [0.29, 0.717) is 6.26 Å². The predicted molar refractivity (Wildman–Crippen MR) is 34.7 cm³/mol. The molecule has 64 valence electrons. The van der Waals surface area contributed by atoms with Crippen LogP contribution in [0.1, 0.15) is 0 Å². The summed E-state index contributed by atoms with van der Waals surface area (Å²) in [7, 11) is 0. The van der Waals surface area contributed by atoms with E-state index in [1.807, 2.05) is 0 Å². The summed E-state index contributed by atoms with van der Waals surface area (Å²) in [5.74, 6) is -0.114. The van der Waals surface area contributed by atoms with Crippen LogP contribution in [0, 0.1) is 0 Å². The van der Waals surface area contributed by atoms with Crippen LogP contribution in [0.4, 0.5) is 0 Å². The summed E-state index contributed by atoms with van der Waals surface area (Å²) in [6, 6.07) is 0. The van der Waals surface area contributed by atoms with E-state index in [4.69, 9.17) is 25.2 Å². The fourth-order valence-corrected chi connectivity index (χ4v) is 0.938. The Morgan fingerprint density at radius 3 is 2.36 bits per heavy atom. The van der Waals surface area contributed by atoms with E-state index in [9.17, 15) is 0 Å². The zero-order chi connectivity index (χ0) is 8.43. The van der Waals surface area contributed by atoms with Crippen LogP contribution in [0.25, 0.3) is 0 Å². The minimum absolute atomic E-state index is 0.114. The van der Waals surface area contributed by atoms with Crippen molar-refractivity contribution in [2.45, 2.75) is 18.3 Å². The second-order valence-electron chi connectivity index (χ2n) is 2.31. The molecule has 11 heavy (non-hydrogen) atoms. The molecule has 0 bridgehead atoms. The average Bonchev–Trinajstić information content (AvgIpc) is 2.30. The molecule has 1 saturated heterocycles. The Balaban J connectivity index is 2.68. The monoisotopic (exact) mass is 162 g/mol. The number of hydrogen-bond donors (Lipinski definition) is 4. The molecule has 5 heteroatoms. The molecule has 0 aromatic carbocycles. The van der Waals surface area contributed by atoms with E-state index < -0.39 is 24.9 Å². The first kappa shape index (κ1) is 8.32. The predicted octanol–water partition coefficient (Wildman–Crippen LogP) is -1.50. The van der Waals surface area contributed by atoms with E-state index in [2.05, 4.69) is 0 Å². The van der Waals surface area contributed by atoms with E-state index >= 15 is 0 Å². The van der Waals surface area contributed by atoms with Crippen LogP contribution < -0.4 is 0 Å². The smallest absolute Gasteiger partial charge is 0.162 e. The Bertz CT molecular complexity index is 166. The van der Waals surface area contributed by atoms with E-state index in [0.717, 1.165) is 0 Å². The summed E-state index contributed by atoms with van der Waals surface area (Å²) in [6.45, 7) is -0.393. The van der Waals surface area contributed by atoms with Gasteiger partial charge < -0.3 is 25.2 Å². The molecule has 1 aliphatic heterocycles. The van der Waals surface area contributed by atoms with E-state index in [1.54, 1.807) is 0 Å². The highest BCUT2D eigenvalue weighted by Crippen LogP contribution is 2.23. The molecule has 1 rings (SSSR count). The number of rotatable bonds is 1. The van der Waals surface area contributed by atoms with Gasteiger partial charge in [-0.1, -0.05) is 0 Å². The number of aliphatic hydroxyl groups excluding tert-OH is 4. The first-order valence-corrected chi connectivity index (χ1v) is 3.18. The Labute approximate surface area is 63.2 Å². The normalized spacial score (nSPS) is 41.0. The molecule has 0 spiro atoms. The Morgan fingerprint density at radius 2 is 2.09 bits per heavy atom. The average molecular weight is 162 g/mol. The van der Waals surface area contributed by atoms with Crippen LogP contribution in [-0.4, -0.2) is 45.3 Å². The van der Waals surface area contributed by atoms with E-state index in [1.165, 1.54) is 0 Å². The third kappa shape index (κ3) is 1.30. The number of aliphatic hydroxyl groups is 4. The summed E-state index contributed by atoms with van der Waals surface area (Å²) in [5, 5.41) is 35.1. The van der Waals surface area contributed by atoms with Crippen molar-refractivity contribution in [3.8, 4) is 0 Å². The first-order valence-electron chi connectivity index (χ1n) is 3.18. The fraction of sp³-hybridized carbons (Fsp3) is 0.667. The molecule has 1 aliphatic rings. The van der Waals surface area contributed by atoms with Gasteiger partial charge in [-0.25, -0.2) is 0 Å². The van der Waals surface area contributed by atoms with Crippen LogP contribution in [0.3, 0.4) is 0 Å². The lowest BCUT2D eigenvalue weighted by atomic mass is 10.1. The molecular weight excluding hydrogens is 152 g/mol. The molecule has 0 radical (unpaired) electrons. The van der Waals surface area contributed by atoms with Crippen molar-refractivity contribution in [1.29, 1.82) is 0 Å². The third-order valence-corrected chi connectivity index (χ3v) is 1.59. The van der Waals surface area contributed by atoms with Gasteiger partial charge in [0.25, 0.3) is 0 Å². The van der Waals surface area contributed by atoms with Crippen LogP contribution in [0.15, 0.2) is 12.0 Å². The van der Waals surface area contributed by atoms with Gasteiger partial charge in [-0.2, -0.15) is 0 Å². The van der Waals surface area contributed by atoms with E-state index in [-0.39, 0.29) is 5.76 Å². The molecule has 0 aromatic rings. The van der Waals surface area contributed by atoms with Crippen LogP contribution >= 0.6 is 0 Å². The molecular formula is C6H10O5. The first-order chi connectivity index (χ1) is 5.20. The zero-order valence-corrected chi connectivity index (χ0v) is 5.71. The summed E-state index contributed by atoms with van der Waals surface area (Å²) in [6.07, 6.45) is -2.68. The van der Waals surface area contributed by atoms with Crippen molar-refractivity contribution >= 4 is 0 Å². The van der Waals surface area contributed by atoms with Gasteiger partial charge in [-0.05, 0) is 0 Å². The van der Waals surface area contributed by atoms with Gasteiger partial charge >= 0.3 is 0 Å². The topological polar surface area (TPSA) is 90.2 Å². The quantitative estimate of drug-likeness (QED) is 0.352. The SMILES string of the molecule is OC=C1OC(CO)C(O)C1O. The van der Waals surface area contributed by atoms with Gasteiger partial charge in [-0.3, -0.25) is 0 Å². The van der Waals surface area contributed by atoms with Crippen molar-refractivity contribution in [2.24, 2.45) is 0 Å². The van der Waals surface area contributed by atoms with Gasteiger partial charge in [0.2, 0.25) is 0 Å². The molecule has 5 nitrogen and oxygen atoms in total. The van der Waals surface area contributed by atoms with Gasteiger partial charge in [0.1, 0.15) is 18.5 Å². The Kier molecular flexibility index (Phi) is 2.33. The lowest BCUT2D eigenvalue weighted by molar-refractivity contribution is -0.00302. The Morgan fingerprint density at radius 1 is 1.45 bits per heavy atom. The maximum Gasteiger partial charge on any atom is 0.162 e. The van der Waals surface area contributed by atoms with Gasteiger partial charge in [0.15, 0.2) is 11.9 Å². The highest BCUT2D eigenvalue weighted by molar-refractivity contribution is 5.07. The standard InChI is InChI=1S/C6H10O5/c7-1-3-5(9)6(10)4(2-8)11-3/h1,4-10H,2H2. The highest BCUT2D eigenvalue weighted by Gasteiger charge is 2.39. The van der Waals surface area contributed by atoms with Crippen molar-refractivity contribution in [3.05, 3.63) is 12.0 Å². The molecule has 0 saturated carbocycles. The minimum Gasteiger partial charge on any atom is -0.512 e. The van der Waals surface area contributed by atoms with Gasteiger partial charge in [-0.15, -0.1) is 0 Å². The minimum atomic E-state index is -1.24. The maximum absolute atomic E-state index is 9.07. The molecule has 0 aliphatic carbocycles. The number of ether oxygens (including phenoxy) is 1. The lowest BCUT2D eigenvalue weighted by Crippen LogP contribution is -2.31. The molecule has 3 atom stereocenters. The molecule has 3 unspecified atom stereocenters. The summed E-state index contributed by atoms with van der Waals surface area (Å²) < 4.78 is 4.75. The summed E-state index contributed by atoms with van der Waals surface area (Å²) >= 11 is 0. The van der Waals surface area contributed by atoms with Crippen LogP contribution in [0.2, 0.25) is 0 Å². The Hall–Kier alpha value is -0.780. The molecule has 0 amide bonds. The van der Waals surface area contributed by atoms with Crippen LogP contribution in [-0.2, 0) is 4.74 Å². The van der Waals surface area contributed by atoms with Crippen molar-refractivity contribution in [3.63, 3.8) is 0 Å². The van der Waals surface area contributed by atoms with Gasteiger partial charge in [0.05, 0.1) is 6.61 Å². The van der Waals surface area contributed by atoms with Crippen molar-refractivity contribution < 1.29 is 25.2 Å². The fourth-order valence-electron chi connectivity index (χ4n) is 0.938. The lowest BCUT2D eigenvalue weighted by Gasteiger charge is -2.09. The molecule has 4 N–H and O–H groups in total. The largest absolute Gasteiger partial charge is 0.512 e. The van der Waals surface area contributed by atoms with Gasteiger partial charge in [0, 0.05) is 0 Å². The second-order valence-corrected chi connectivity index (χ2v) is 2.31. The molecule has 0 aromatic heterocycles. The highest BCUT2D eigenvalue weighted by atomic mass is 16.5. The number of hydrogen-bond acceptors (Lipinski definition) is 5. The van der Waals surface area contributed by atoms with Crippen LogP contribution in [0.5, 0.6) is 0 Å². The summed E-state index contributed by atoms with van der Waals surface area (Å²) in [5.41, 5.74) is 0. The second kappa shape index (κ2) is 3.08. The zero-order valence-electron chi connectivity index (χ0n) is 5.71. The van der Waals surface area contributed by atoms with Crippen molar-refractivity contribution in [2.75, 3.05) is 6.61 Å². The van der Waals surface area contributed by atoms with Crippen molar-refractivity contribution in [1.82, 2.24) is 0 Å². The summed E-state index contributed by atoms with van der Waals surface area (Å²) in [4.78, 5) is 0.